The Balaban J connectivity index is 2.41. The molecule has 0 atom stereocenters. The van der Waals surface area contributed by atoms with E-state index in [4.69, 9.17) is 0 Å². The van der Waals surface area contributed by atoms with Gasteiger partial charge in [0.1, 0.15) is 0 Å². The Kier molecular flexibility index (Phi) is 7.32. The molecular weight excluding hydrogens is 405 g/mol. The van der Waals surface area contributed by atoms with Crippen molar-refractivity contribution in [2.75, 3.05) is 0 Å². The molecule has 132 valence electrons. The van der Waals surface area contributed by atoms with Gasteiger partial charge in [0, 0.05) is 0 Å². The summed E-state index contributed by atoms with van der Waals surface area (Å²) in [7, 11) is 0. The van der Waals surface area contributed by atoms with Crippen molar-refractivity contribution in [3.63, 3.8) is 0 Å². The summed E-state index contributed by atoms with van der Waals surface area (Å²) in [6.07, 6.45) is 6.87. The van der Waals surface area contributed by atoms with Crippen LogP contribution in [0.3, 0.4) is 0 Å². The summed E-state index contributed by atoms with van der Waals surface area (Å²) in [4.78, 5) is 26.2. The third kappa shape index (κ3) is 3.87. The minimum atomic E-state index is -3.04. The van der Waals surface area contributed by atoms with E-state index in [1.54, 1.807) is 0 Å². The van der Waals surface area contributed by atoms with E-state index in [1.165, 1.54) is 0 Å². The van der Waals surface area contributed by atoms with Crippen molar-refractivity contribution < 1.29 is 9.59 Å². The Hall–Kier alpha value is -0.841. The van der Waals surface area contributed by atoms with Crippen LogP contribution in [0.5, 0.6) is 0 Å². The van der Waals surface area contributed by atoms with Crippen LogP contribution in [-0.2, 0) is 0 Å². The third-order valence-electron chi connectivity index (χ3n) is 5.26. The van der Waals surface area contributed by atoms with Crippen LogP contribution in [0.1, 0.15) is 80.0 Å². The zero-order chi connectivity index (χ0) is 17.6. The van der Waals surface area contributed by atoms with E-state index in [0.29, 0.717) is 11.1 Å². The van der Waals surface area contributed by atoms with Crippen LogP contribution in [0.2, 0.25) is 13.3 Å². The zero-order valence-corrected chi connectivity index (χ0v) is 18.3. The van der Waals surface area contributed by atoms with E-state index in [1.807, 2.05) is 27.4 Å². The molecule has 1 aliphatic rings. The van der Waals surface area contributed by atoms with E-state index in [0.717, 1.165) is 51.8 Å². The van der Waals surface area contributed by atoms with Crippen molar-refractivity contribution in [1.82, 2.24) is 3.12 Å². The second kappa shape index (κ2) is 9.02. The van der Waals surface area contributed by atoms with Gasteiger partial charge in [-0.3, -0.25) is 0 Å². The van der Waals surface area contributed by atoms with Gasteiger partial charge in [-0.15, -0.1) is 0 Å². The van der Waals surface area contributed by atoms with Crippen LogP contribution < -0.4 is 0 Å². The Bertz CT molecular complexity index is 528. The topological polar surface area (TPSA) is 37.4 Å². The first-order valence-corrected chi connectivity index (χ1v) is 16.9. The van der Waals surface area contributed by atoms with E-state index < -0.39 is 18.7 Å². The van der Waals surface area contributed by atoms with Crippen LogP contribution in [0.25, 0.3) is 0 Å². The first-order chi connectivity index (χ1) is 11.6. The predicted molar refractivity (Wildman–Crippen MR) is 102 cm³/mol. The molecule has 0 saturated carbocycles. The summed E-state index contributed by atoms with van der Waals surface area (Å²) in [5, 5.41) is 0. The van der Waals surface area contributed by atoms with E-state index in [9.17, 15) is 9.59 Å². The van der Waals surface area contributed by atoms with Crippen molar-refractivity contribution in [3.05, 3.63) is 35.4 Å². The van der Waals surface area contributed by atoms with E-state index in [-0.39, 0.29) is 11.8 Å². The second-order valence-corrected chi connectivity index (χ2v) is 19.6. The molecule has 24 heavy (non-hydrogen) atoms. The predicted octanol–water partition coefficient (Wildman–Crippen LogP) is 5.63. The van der Waals surface area contributed by atoms with Gasteiger partial charge < -0.3 is 0 Å². The molecule has 0 fully saturated rings. The average molecular weight is 436 g/mol. The fourth-order valence-electron chi connectivity index (χ4n) is 3.85. The molecule has 0 spiro atoms. The van der Waals surface area contributed by atoms with Gasteiger partial charge in [-0.1, -0.05) is 0 Å². The van der Waals surface area contributed by atoms with Crippen LogP contribution in [-0.4, -0.2) is 33.6 Å². The van der Waals surface area contributed by atoms with Crippen LogP contribution in [0.4, 0.5) is 0 Å². The monoisotopic (exact) mass is 437 g/mol. The van der Waals surface area contributed by atoms with Crippen molar-refractivity contribution in [2.45, 2.75) is 72.6 Å². The van der Waals surface area contributed by atoms with Gasteiger partial charge in [0.15, 0.2) is 0 Å². The number of hydrogen-bond acceptors (Lipinski definition) is 2. The quantitative estimate of drug-likeness (QED) is 0.352. The maximum atomic E-state index is 13.1. The summed E-state index contributed by atoms with van der Waals surface area (Å²) in [5.41, 5.74) is 1.26. The number of nitrogens with zero attached hydrogens (tertiary/aromatic N) is 1. The number of fused-ring (bicyclic) bond motifs is 1. The molecule has 4 heteroatoms. The molecule has 1 heterocycles. The average Bonchev–Trinajstić information content (AvgIpc) is 2.87. The van der Waals surface area contributed by atoms with Crippen LogP contribution in [0, 0.1) is 0 Å². The number of imide groups is 1. The van der Waals surface area contributed by atoms with Crippen LogP contribution >= 0.6 is 0 Å². The van der Waals surface area contributed by atoms with Gasteiger partial charge in [0.05, 0.1) is 0 Å². The Morgan fingerprint density at radius 2 is 1.12 bits per heavy atom. The summed E-state index contributed by atoms with van der Waals surface area (Å²) >= 11 is -3.04. The molecule has 0 bridgehead atoms. The SMILES string of the molecule is CCC[CH2][Sn]([CH2]CCC)([CH2]CCC)[N]1C(=O)c2ccccc2C1=O. The number of unbranched alkanes of at least 4 members (excludes halogenated alkanes) is 3. The molecule has 2 rings (SSSR count). The standard InChI is InChI=1S/C8H5NO2.3C4H9.Sn/c10-7-5-3-1-2-4-6(5)8(11)9-7;3*1-3-4-2;/h1-4H,(H,9,10,11);3*1,3-4H2,2H3;/q;;;;+1/p-1. The van der Waals surface area contributed by atoms with Gasteiger partial charge >= 0.3 is 151 Å². The molecule has 0 aromatic heterocycles. The Morgan fingerprint density at radius 1 is 0.750 bits per heavy atom. The van der Waals surface area contributed by atoms with Gasteiger partial charge in [0.2, 0.25) is 0 Å². The molecular formula is C20H31NO2Sn. The molecule has 3 nitrogen and oxygen atoms in total. The number of rotatable bonds is 10. The number of hydrogen-bond donors (Lipinski definition) is 0. The summed E-state index contributed by atoms with van der Waals surface area (Å²) < 4.78 is 5.25. The van der Waals surface area contributed by atoms with Gasteiger partial charge in [0.25, 0.3) is 0 Å². The van der Waals surface area contributed by atoms with Gasteiger partial charge in [-0.25, -0.2) is 0 Å². The fraction of sp³-hybridized carbons (Fsp3) is 0.600. The molecule has 0 unspecified atom stereocenters. The fourth-order valence-corrected chi connectivity index (χ4v) is 19.7. The Labute approximate surface area is 151 Å². The minimum absolute atomic E-state index is 0.00899. The first-order valence-electron chi connectivity index (χ1n) is 9.59. The summed E-state index contributed by atoms with van der Waals surface area (Å²) in [5.74, 6) is 0.0180. The molecule has 0 saturated heterocycles. The van der Waals surface area contributed by atoms with Gasteiger partial charge in [-0.2, -0.15) is 0 Å². The number of benzene rings is 1. The van der Waals surface area contributed by atoms with Crippen LogP contribution in [0.15, 0.2) is 24.3 Å². The number of carbonyl (C=O) groups is 2. The molecule has 0 N–H and O–H groups in total. The molecule has 2 amide bonds. The zero-order valence-electron chi connectivity index (χ0n) is 15.4. The normalized spacial score (nSPS) is 14.4. The van der Waals surface area contributed by atoms with E-state index in [2.05, 4.69) is 20.8 Å². The van der Waals surface area contributed by atoms with Crippen molar-refractivity contribution in [2.24, 2.45) is 0 Å². The van der Waals surface area contributed by atoms with Crippen molar-refractivity contribution in [3.8, 4) is 0 Å². The first kappa shape index (κ1) is 19.5. The molecule has 0 aliphatic carbocycles. The number of carbonyl (C=O) groups excluding carboxylic acids is 2. The summed E-state index contributed by atoms with van der Waals surface area (Å²) in [6, 6.07) is 7.39. The van der Waals surface area contributed by atoms with Crippen molar-refractivity contribution in [1.29, 1.82) is 0 Å². The molecule has 1 aromatic carbocycles. The summed E-state index contributed by atoms with van der Waals surface area (Å²) in [6.45, 7) is 6.62. The second-order valence-electron chi connectivity index (χ2n) is 7.03. The van der Waals surface area contributed by atoms with E-state index >= 15 is 0 Å². The third-order valence-corrected chi connectivity index (χ3v) is 20.1. The molecule has 1 aromatic rings. The van der Waals surface area contributed by atoms with Gasteiger partial charge in [-0.05, 0) is 0 Å². The molecule has 1 aliphatic heterocycles. The Morgan fingerprint density at radius 3 is 1.46 bits per heavy atom. The molecule has 0 radical (unpaired) electrons. The number of amides is 2. The van der Waals surface area contributed by atoms with Crippen molar-refractivity contribution >= 4 is 30.5 Å². The maximum absolute atomic E-state index is 13.1.